The van der Waals surface area contributed by atoms with Gasteiger partial charge in [-0.25, -0.2) is 4.79 Å². The lowest BCUT2D eigenvalue weighted by atomic mass is 10.1. The summed E-state index contributed by atoms with van der Waals surface area (Å²) >= 11 is 0. The van der Waals surface area contributed by atoms with Crippen molar-refractivity contribution in [3.63, 3.8) is 0 Å². The SMILES string of the molecule is C#Cc1ccccc1/C=C/C(=O)O. The van der Waals surface area contributed by atoms with Crippen LogP contribution in [0.2, 0.25) is 0 Å². The average molecular weight is 172 g/mol. The van der Waals surface area contributed by atoms with E-state index in [4.69, 9.17) is 11.5 Å². The minimum Gasteiger partial charge on any atom is -0.478 e. The van der Waals surface area contributed by atoms with Crippen molar-refractivity contribution in [3.8, 4) is 12.3 Å². The molecule has 0 amide bonds. The highest BCUT2D eigenvalue weighted by atomic mass is 16.4. The number of hydrogen-bond donors (Lipinski definition) is 1. The monoisotopic (exact) mass is 172 g/mol. The van der Waals surface area contributed by atoms with Gasteiger partial charge in [0, 0.05) is 11.6 Å². The van der Waals surface area contributed by atoms with Gasteiger partial charge >= 0.3 is 5.97 Å². The van der Waals surface area contributed by atoms with E-state index in [1.807, 2.05) is 12.1 Å². The fourth-order valence-corrected chi connectivity index (χ4v) is 0.935. The molecule has 0 bridgehead atoms. The van der Waals surface area contributed by atoms with Crippen LogP contribution in [0.25, 0.3) is 6.08 Å². The fraction of sp³-hybridized carbons (Fsp3) is 0. The molecule has 0 saturated heterocycles. The maximum absolute atomic E-state index is 10.2. The van der Waals surface area contributed by atoms with Crippen LogP contribution in [0, 0.1) is 12.3 Å². The number of carbonyl (C=O) groups is 1. The Balaban J connectivity index is 3.02. The third-order valence-corrected chi connectivity index (χ3v) is 1.52. The summed E-state index contributed by atoms with van der Waals surface area (Å²) in [6.07, 6.45) is 7.78. The number of terminal acetylenes is 1. The first kappa shape index (κ1) is 9.08. The molecule has 0 fully saturated rings. The molecule has 1 aromatic carbocycles. The maximum atomic E-state index is 10.2. The van der Waals surface area contributed by atoms with Gasteiger partial charge in [0.25, 0.3) is 0 Å². The molecule has 0 saturated carbocycles. The maximum Gasteiger partial charge on any atom is 0.328 e. The Hall–Kier alpha value is -2.01. The quantitative estimate of drug-likeness (QED) is 0.545. The summed E-state index contributed by atoms with van der Waals surface area (Å²) in [5.41, 5.74) is 1.44. The van der Waals surface area contributed by atoms with Crippen molar-refractivity contribution in [2.45, 2.75) is 0 Å². The fourth-order valence-electron chi connectivity index (χ4n) is 0.935. The Labute approximate surface area is 76.5 Å². The first-order valence-electron chi connectivity index (χ1n) is 3.70. The van der Waals surface area contributed by atoms with Crippen LogP contribution in [0.4, 0.5) is 0 Å². The molecular weight excluding hydrogens is 164 g/mol. The van der Waals surface area contributed by atoms with Crippen molar-refractivity contribution in [1.29, 1.82) is 0 Å². The minimum atomic E-state index is -0.980. The zero-order chi connectivity index (χ0) is 9.68. The molecule has 1 aromatic rings. The number of carboxylic acid groups (broad SMARTS) is 1. The topological polar surface area (TPSA) is 37.3 Å². The Morgan fingerprint density at radius 2 is 2.15 bits per heavy atom. The smallest absolute Gasteiger partial charge is 0.328 e. The first-order chi connectivity index (χ1) is 6.24. The standard InChI is InChI=1S/C11H8O2/c1-2-9-5-3-4-6-10(9)7-8-11(12)13/h1,3-8H,(H,12,13)/b8-7+. The lowest BCUT2D eigenvalue weighted by molar-refractivity contribution is -0.131. The summed E-state index contributed by atoms with van der Waals surface area (Å²) in [4.78, 5) is 10.2. The summed E-state index contributed by atoms with van der Waals surface area (Å²) in [5.74, 6) is 1.50. The second-order valence-electron chi connectivity index (χ2n) is 2.40. The second kappa shape index (κ2) is 4.13. The summed E-state index contributed by atoms with van der Waals surface area (Å²) in [6, 6.07) is 7.16. The summed E-state index contributed by atoms with van der Waals surface area (Å²) < 4.78 is 0. The van der Waals surface area contributed by atoms with Crippen LogP contribution in [0.1, 0.15) is 11.1 Å². The molecule has 2 nitrogen and oxygen atoms in total. The van der Waals surface area contributed by atoms with Crippen LogP contribution < -0.4 is 0 Å². The van der Waals surface area contributed by atoms with E-state index in [1.54, 1.807) is 12.1 Å². The van der Waals surface area contributed by atoms with Crippen molar-refractivity contribution < 1.29 is 9.90 Å². The molecule has 64 valence electrons. The summed E-state index contributed by atoms with van der Waals surface area (Å²) in [5, 5.41) is 8.40. The van der Waals surface area contributed by atoms with Crippen LogP contribution in [0.3, 0.4) is 0 Å². The largest absolute Gasteiger partial charge is 0.478 e. The van der Waals surface area contributed by atoms with Crippen LogP contribution in [0.5, 0.6) is 0 Å². The molecule has 0 radical (unpaired) electrons. The Kier molecular flexibility index (Phi) is 2.88. The first-order valence-corrected chi connectivity index (χ1v) is 3.70. The van der Waals surface area contributed by atoms with E-state index in [1.165, 1.54) is 6.08 Å². The average Bonchev–Trinajstić information content (AvgIpc) is 2.15. The van der Waals surface area contributed by atoms with E-state index in [0.717, 1.165) is 11.6 Å². The van der Waals surface area contributed by atoms with Crippen molar-refractivity contribution >= 4 is 12.0 Å². The van der Waals surface area contributed by atoms with Crippen molar-refractivity contribution in [3.05, 3.63) is 41.5 Å². The van der Waals surface area contributed by atoms with Gasteiger partial charge in [-0.2, -0.15) is 0 Å². The normalized spacial score (nSPS) is 9.77. The Bertz CT molecular complexity index is 383. The Morgan fingerprint density at radius 1 is 1.46 bits per heavy atom. The molecule has 0 aliphatic rings. The molecule has 13 heavy (non-hydrogen) atoms. The number of benzene rings is 1. The van der Waals surface area contributed by atoms with Gasteiger partial charge in [-0.05, 0) is 17.7 Å². The molecule has 0 aliphatic heterocycles. The molecule has 1 rings (SSSR count). The molecule has 2 heteroatoms. The van der Waals surface area contributed by atoms with Crippen molar-refractivity contribution in [2.75, 3.05) is 0 Å². The van der Waals surface area contributed by atoms with E-state index in [0.29, 0.717) is 5.56 Å². The van der Waals surface area contributed by atoms with Crippen LogP contribution >= 0.6 is 0 Å². The lowest BCUT2D eigenvalue weighted by Gasteiger charge is -1.95. The molecule has 0 atom stereocenters. The highest BCUT2D eigenvalue weighted by Gasteiger charge is 1.94. The lowest BCUT2D eigenvalue weighted by Crippen LogP contribution is -1.87. The molecular formula is C11H8O2. The minimum absolute atomic E-state index is 0.694. The van der Waals surface area contributed by atoms with Gasteiger partial charge in [-0.3, -0.25) is 0 Å². The van der Waals surface area contributed by atoms with Gasteiger partial charge in [0.1, 0.15) is 0 Å². The van der Waals surface area contributed by atoms with Crippen molar-refractivity contribution in [2.24, 2.45) is 0 Å². The second-order valence-corrected chi connectivity index (χ2v) is 2.40. The summed E-state index contributed by atoms with van der Waals surface area (Å²) in [7, 11) is 0. The van der Waals surface area contributed by atoms with Gasteiger partial charge < -0.3 is 5.11 Å². The predicted octanol–water partition coefficient (Wildman–Crippen LogP) is 1.77. The molecule has 0 aliphatic carbocycles. The number of aliphatic carboxylic acids is 1. The van der Waals surface area contributed by atoms with Gasteiger partial charge in [-0.1, -0.05) is 24.1 Å². The zero-order valence-corrected chi connectivity index (χ0v) is 6.90. The molecule has 0 heterocycles. The molecule has 0 unspecified atom stereocenters. The zero-order valence-electron chi connectivity index (χ0n) is 6.90. The highest BCUT2D eigenvalue weighted by molar-refractivity contribution is 5.85. The number of rotatable bonds is 2. The van der Waals surface area contributed by atoms with Crippen LogP contribution in [-0.2, 0) is 4.79 Å². The van der Waals surface area contributed by atoms with E-state index in [9.17, 15) is 4.79 Å². The van der Waals surface area contributed by atoms with E-state index in [-0.39, 0.29) is 0 Å². The van der Waals surface area contributed by atoms with Gasteiger partial charge in [0.15, 0.2) is 0 Å². The van der Waals surface area contributed by atoms with Crippen molar-refractivity contribution in [1.82, 2.24) is 0 Å². The van der Waals surface area contributed by atoms with E-state index in [2.05, 4.69) is 5.92 Å². The third kappa shape index (κ3) is 2.49. The number of carboxylic acids is 1. The molecule has 0 aromatic heterocycles. The van der Waals surface area contributed by atoms with Crippen LogP contribution in [-0.4, -0.2) is 11.1 Å². The Morgan fingerprint density at radius 3 is 2.77 bits per heavy atom. The van der Waals surface area contributed by atoms with Gasteiger partial charge in [0.2, 0.25) is 0 Å². The number of hydrogen-bond acceptors (Lipinski definition) is 1. The third-order valence-electron chi connectivity index (χ3n) is 1.52. The van der Waals surface area contributed by atoms with Gasteiger partial charge in [-0.15, -0.1) is 6.42 Å². The van der Waals surface area contributed by atoms with E-state index < -0.39 is 5.97 Å². The summed E-state index contributed by atoms with van der Waals surface area (Å²) in [6.45, 7) is 0. The van der Waals surface area contributed by atoms with Gasteiger partial charge in [0.05, 0.1) is 0 Å². The predicted molar refractivity (Wildman–Crippen MR) is 51.0 cm³/mol. The highest BCUT2D eigenvalue weighted by Crippen LogP contribution is 2.08. The van der Waals surface area contributed by atoms with E-state index >= 15 is 0 Å². The molecule has 1 N–H and O–H groups in total. The molecule has 0 spiro atoms. The van der Waals surface area contributed by atoms with Crippen LogP contribution in [0.15, 0.2) is 30.3 Å².